The van der Waals surface area contributed by atoms with Crippen molar-refractivity contribution in [1.29, 1.82) is 0 Å². The van der Waals surface area contributed by atoms with E-state index in [0.29, 0.717) is 6.04 Å². The second-order valence-corrected chi connectivity index (χ2v) is 7.93. The molecule has 2 aromatic rings. The highest BCUT2D eigenvalue weighted by atomic mass is 32.1. The van der Waals surface area contributed by atoms with Crippen LogP contribution in [0.4, 0.5) is 0 Å². The van der Waals surface area contributed by atoms with Gasteiger partial charge in [-0.1, -0.05) is 6.07 Å². The van der Waals surface area contributed by atoms with Crippen molar-refractivity contribution in [3.8, 4) is 10.7 Å². The fourth-order valence-electron chi connectivity index (χ4n) is 3.34. The molecule has 1 saturated heterocycles. The molecule has 0 N–H and O–H groups in total. The molecule has 2 unspecified atom stereocenters. The first-order valence-electron chi connectivity index (χ1n) is 8.23. The largest absolute Gasteiger partial charge is 0.373 e. The van der Waals surface area contributed by atoms with Gasteiger partial charge in [-0.2, -0.15) is 0 Å². The Morgan fingerprint density at radius 3 is 2.65 bits per heavy atom. The quantitative estimate of drug-likeness (QED) is 0.790. The second-order valence-electron chi connectivity index (χ2n) is 6.62. The predicted octanol–water partition coefficient (Wildman–Crippen LogP) is 3.54. The van der Waals surface area contributed by atoms with E-state index < -0.39 is 0 Å². The van der Waals surface area contributed by atoms with Crippen LogP contribution in [0.15, 0.2) is 17.5 Å². The maximum atomic E-state index is 5.82. The van der Waals surface area contributed by atoms with E-state index in [9.17, 15) is 0 Å². The molecule has 23 heavy (non-hydrogen) atoms. The lowest BCUT2D eigenvalue weighted by atomic mass is 10.2. The van der Waals surface area contributed by atoms with E-state index in [1.807, 2.05) is 4.68 Å². The highest BCUT2D eigenvalue weighted by molar-refractivity contribution is 7.71. The van der Waals surface area contributed by atoms with E-state index in [1.165, 1.54) is 17.7 Å². The zero-order valence-corrected chi connectivity index (χ0v) is 15.1. The number of hydrogen-bond donors (Lipinski definition) is 0. The Labute approximate surface area is 145 Å². The summed E-state index contributed by atoms with van der Waals surface area (Å²) in [5, 5.41) is 6.96. The summed E-state index contributed by atoms with van der Waals surface area (Å²) in [5.41, 5.74) is 0. The lowest BCUT2D eigenvalue weighted by molar-refractivity contribution is -0.0777. The molecule has 2 aromatic heterocycles. The Kier molecular flexibility index (Phi) is 4.13. The van der Waals surface area contributed by atoms with Gasteiger partial charge in [0.25, 0.3) is 0 Å². The van der Waals surface area contributed by atoms with Crippen molar-refractivity contribution in [3.63, 3.8) is 0 Å². The van der Waals surface area contributed by atoms with Gasteiger partial charge in [-0.25, -0.2) is 4.68 Å². The Balaban J connectivity index is 1.64. The summed E-state index contributed by atoms with van der Waals surface area (Å²) < 4.78 is 10.9. The van der Waals surface area contributed by atoms with Crippen LogP contribution in [0, 0.1) is 4.77 Å². The number of thiophene rings is 1. The van der Waals surface area contributed by atoms with Gasteiger partial charge in [0.2, 0.25) is 0 Å². The first kappa shape index (κ1) is 15.5. The van der Waals surface area contributed by atoms with Crippen molar-refractivity contribution in [1.82, 2.24) is 19.2 Å². The molecular weight excluding hydrogens is 328 g/mol. The van der Waals surface area contributed by atoms with E-state index in [1.54, 1.807) is 11.3 Å². The molecule has 3 heterocycles. The summed E-state index contributed by atoms with van der Waals surface area (Å²) in [5.74, 6) is 1.03. The van der Waals surface area contributed by atoms with E-state index in [2.05, 4.69) is 40.8 Å². The van der Waals surface area contributed by atoms with Gasteiger partial charge in [-0.15, -0.1) is 16.4 Å². The van der Waals surface area contributed by atoms with Crippen LogP contribution in [-0.2, 0) is 11.4 Å². The van der Waals surface area contributed by atoms with Crippen molar-refractivity contribution in [2.75, 3.05) is 13.1 Å². The van der Waals surface area contributed by atoms with Crippen LogP contribution >= 0.6 is 23.6 Å². The molecule has 1 saturated carbocycles. The Bertz CT molecular complexity index is 722. The predicted molar refractivity (Wildman–Crippen MR) is 94.2 cm³/mol. The fourth-order valence-corrected chi connectivity index (χ4v) is 4.38. The average molecular weight is 351 g/mol. The molecule has 0 bridgehead atoms. The molecule has 0 radical (unpaired) electrons. The van der Waals surface area contributed by atoms with Crippen molar-refractivity contribution >= 4 is 23.6 Å². The van der Waals surface area contributed by atoms with Gasteiger partial charge in [-0.3, -0.25) is 9.47 Å². The number of nitrogens with zero attached hydrogens (tertiary/aromatic N) is 4. The summed E-state index contributed by atoms with van der Waals surface area (Å²) in [6.07, 6.45) is 2.94. The zero-order chi connectivity index (χ0) is 16.0. The highest BCUT2D eigenvalue weighted by Crippen LogP contribution is 2.39. The summed E-state index contributed by atoms with van der Waals surface area (Å²) in [4.78, 5) is 3.59. The molecule has 0 spiro atoms. The van der Waals surface area contributed by atoms with Gasteiger partial charge < -0.3 is 4.74 Å². The molecule has 2 aliphatic rings. The molecular formula is C16H22N4OS2. The molecule has 2 atom stereocenters. The molecule has 124 valence electrons. The minimum atomic E-state index is 0.259. The average Bonchev–Trinajstić information content (AvgIpc) is 3.07. The van der Waals surface area contributed by atoms with Crippen LogP contribution in [0.1, 0.15) is 32.7 Å². The highest BCUT2D eigenvalue weighted by Gasteiger charge is 2.30. The number of morpholine rings is 1. The summed E-state index contributed by atoms with van der Waals surface area (Å²) in [6.45, 7) is 6.85. The lowest BCUT2D eigenvalue weighted by Crippen LogP contribution is -2.46. The Morgan fingerprint density at radius 2 is 2.04 bits per heavy atom. The number of aromatic nitrogens is 3. The summed E-state index contributed by atoms with van der Waals surface area (Å²) in [6, 6.07) is 4.74. The summed E-state index contributed by atoms with van der Waals surface area (Å²) >= 11 is 7.47. The van der Waals surface area contributed by atoms with Gasteiger partial charge in [0.05, 0.1) is 23.8 Å². The topological polar surface area (TPSA) is 35.2 Å². The monoisotopic (exact) mass is 350 g/mol. The van der Waals surface area contributed by atoms with Gasteiger partial charge in [0.1, 0.15) is 0 Å². The third kappa shape index (κ3) is 3.15. The smallest absolute Gasteiger partial charge is 0.199 e. The Morgan fingerprint density at radius 1 is 1.30 bits per heavy atom. The van der Waals surface area contributed by atoms with Crippen LogP contribution in [0.25, 0.3) is 10.7 Å². The van der Waals surface area contributed by atoms with Crippen molar-refractivity contribution < 1.29 is 4.74 Å². The third-order valence-electron chi connectivity index (χ3n) is 4.35. The van der Waals surface area contributed by atoms with E-state index in [-0.39, 0.29) is 12.2 Å². The van der Waals surface area contributed by atoms with Crippen molar-refractivity contribution in [2.24, 2.45) is 0 Å². The second kappa shape index (κ2) is 6.12. The van der Waals surface area contributed by atoms with Crippen LogP contribution in [-0.4, -0.2) is 44.5 Å². The SMILES string of the molecule is CC1CN(Cn2nc(-c3cccs3)n(C3CC3)c2=S)CC(C)O1. The van der Waals surface area contributed by atoms with Crippen LogP contribution in [0.3, 0.4) is 0 Å². The minimum Gasteiger partial charge on any atom is -0.373 e. The van der Waals surface area contributed by atoms with Crippen molar-refractivity contribution in [2.45, 2.75) is 51.6 Å². The first-order chi connectivity index (χ1) is 11.1. The van der Waals surface area contributed by atoms with Gasteiger partial charge in [-0.05, 0) is 50.4 Å². The normalized spacial score (nSPS) is 25.8. The standard InChI is InChI=1S/C16H22N4OS2/c1-11-8-18(9-12(2)21-11)10-19-16(22)20(13-5-6-13)15(17-19)14-4-3-7-23-14/h3-4,7,11-13H,5-6,8-10H2,1-2H3. The third-order valence-corrected chi connectivity index (χ3v) is 5.63. The lowest BCUT2D eigenvalue weighted by Gasteiger charge is -2.34. The zero-order valence-electron chi connectivity index (χ0n) is 13.5. The maximum absolute atomic E-state index is 5.82. The van der Waals surface area contributed by atoms with Crippen LogP contribution < -0.4 is 0 Å². The van der Waals surface area contributed by atoms with E-state index >= 15 is 0 Å². The minimum absolute atomic E-state index is 0.259. The van der Waals surface area contributed by atoms with E-state index in [4.69, 9.17) is 22.1 Å². The number of rotatable bonds is 4. The van der Waals surface area contributed by atoms with Crippen LogP contribution in [0.5, 0.6) is 0 Å². The molecule has 1 aliphatic carbocycles. The molecule has 1 aliphatic heterocycles. The molecule has 5 nitrogen and oxygen atoms in total. The molecule has 0 amide bonds. The summed E-state index contributed by atoms with van der Waals surface area (Å²) in [7, 11) is 0. The molecule has 2 fully saturated rings. The van der Waals surface area contributed by atoms with E-state index in [0.717, 1.165) is 30.4 Å². The van der Waals surface area contributed by atoms with Gasteiger partial charge in [0.15, 0.2) is 10.6 Å². The number of ether oxygens (including phenoxy) is 1. The number of hydrogen-bond acceptors (Lipinski definition) is 5. The van der Waals surface area contributed by atoms with Crippen LogP contribution in [0.2, 0.25) is 0 Å². The molecule has 0 aromatic carbocycles. The molecule has 7 heteroatoms. The van der Waals surface area contributed by atoms with Crippen molar-refractivity contribution in [3.05, 3.63) is 22.3 Å². The fraction of sp³-hybridized carbons (Fsp3) is 0.625. The maximum Gasteiger partial charge on any atom is 0.199 e. The first-order valence-corrected chi connectivity index (χ1v) is 9.51. The van der Waals surface area contributed by atoms with Gasteiger partial charge >= 0.3 is 0 Å². The molecule has 4 rings (SSSR count). The Hall–Kier alpha value is -1.02. The van der Waals surface area contributed by atoms with Gasteiger partial charge in [0, 0.05) is 19.1 Å².